The first-order valence-electron chi connectivity index (χ1n) is 3.19. The third kappa shape index (κ3) is 2.73. The normalized spacial score (nSPS) is 10.1. The molecule has 1 aromatic heterocycles. The van der Waals surface area contributed by atoms with E-state index in [1.54, 1.807) is 23.1 Å². The van der Waals surface area contributed by atoms with Crippen LogP contribution in [0.4, 0.5) is 0 Å². The Bertz CT molecular complexity index is 160. The van der Waals surface area contributed by atoms with Gasteiger partial charge in [0.1, 0.15) is 0 Å². The fraction of sp³-hybridized carbons (Fsp3) is 0.429. The number of aliphatic hydroxyl groups is 1. The topological polar surface area (TPSA) is 20.2 Å². The third-order valence-corrected chi connectivity index (χ3v) is 2.98. The van der Waals surface area contributed by atoms with Crippen LogP contribution in [0, 0.1) is 0 Å². The highest BCUT2D eigenvalue weighted by atomic mass is 32.2. The minimum atomic E-state index is 0.303. The Balaban J connectivity index is 2.15. The van der Waals surface area contributed by atoms with Gasteiger partial charge in [-0.15, -0.1) is 11.8 Å². The van der Waals surface area contributed by atoms with Crippen molar-refractivity contribution in [3.05, 3.63) is 16.8 Å². The summed E-state index contributed by atoms with van der Waals surface area (Å²) in [6.07, 6.45) is 0.889. The third-order valence-electron chi connectivity index (χ3n) is 1.07. The summed E-state index contributed by atoms with van der Waals surface area (Å²) in [6.45, 7) is 0.303. The number of thioether (sulfide) groups is 1. The molecule has 0 aromatic carbocycles. The zero-order chi connectivity index (χ0) is 7.23. The number of rotatable bonds is 4. The van der Waals surface area contributed by atoms with Gasteiger partial charge in [-0.2, -0.15) is 11.3 Å². The summed E-state index contributed by atoms with van der Waals surface area (Å²) in [6, 6.07) is 2.10. The quantitative estimate of drug-likeness (QED) is 0.558. The zero-order valence-corrected chi connectivity index (χ0v) is 7.25. The van der Waals surface area contributed by atoms with E-state index in [4.69, 9.17) is 5.11 Å². The Morgan fingerprint density at radius 3 is 3.10 bits per heavy atom. The molecule has 0 radical (unpaired) electrons. The molecule has 0 aliphatic heterocycles. The average Bonchev–Trinajstić information content (AvgIpc) is 2.41. The van der Waals surface area contributed by atoms with Gasteiger partial charge in [0.2, 0.25) is 0 Å². The lowest BCUT2D eigenvalue weighted by Gasteiger charge is -1.93. The minimum Gasteiger partial charge on any atom is -0.396 e. The van der Waals surface area contributed by atoms with E-state index in [0.717, 1.165) is 12.2 Å². The fourth-order valence-corrected chi connectivity index (χ4v) is 2.30. The molecule has 0 aliphatic rings. The smallest absolute Gasteiger partial charge is 0.0439 e. The molecule has 1 N–H and O–H groups in total. The summed E-state index contributed by atoms with van der Waals surface area (Å²) in [5.41, 5.74) is 0. The maximum Gasteiger partial charge on any atom is 0.0439 e. The molecule has 0 unspecified atom stereocenters. The van der Waals surface area contributed by atoms with Gasteiger partial charge in [-0.3, -0.25) is 0 Å². The van der Waals surface area contributed by atoms with Crippen LogP contribution in [-0.2, 0) is 0 Å². The Hall–Kier alpha value is 0.01000. The molecule has 0 aliphatic carbocycles. The van der Waals surface area contributed by atoms with Crippen LogP contribution in [0.15, 0.2) is 21.7 Å². The van der Waals surface area contributed by atoms with Gasteiger partial charge in [-0.25, -0.2) is 0 Å². The molecule has 1 nitrogen and oxygen atoms in total. The number of thiophene rings is 1. The van der Waals surface area contributed by atoms with Gasteiger partial charge in [0, 0.05) is 22.6 Å². The van der Waals surface area contributed by atoms with Crippen molar-refractivity contribution in [1.82, 2.24) is 0 Å². The van der Waals surface area contributed by atoms with Gasteiger partial charge in [-0.05, 0) is 17.9 Å². The number of aliphatic hydroxyl groups excluding tert-OH is 1. The lowest BCUT2D eigenvalue weighted by Crippen LogP contribution is -1.83. The molecule has 0 fully saturated rings. The molecule has 0 saturated heterocycles. The number of hydrogen-bond donors (Lipinski definition) is 1. The van der Waals surface area contributed by atoms with Crippen molar-refractivity contribution in [3.63, 3.8) is 0 Å². The highest BCUT2D eigenvalue weighted by Gasteiger charge is 1.91. The van der Waals surface area contributed by atoms with Crippen molar-refractivity contribution in [2.45, 2.75) is 11.3 Å². The maximum absolute atomic E-state index is 8.48. The van der Waals surface area contributed by atoms with Crippen LogP contribution >= 0.6 is 23.1 Å². The first kappa shape index (κ1) is 8.11. The van der Waals surface area contributed by atoms with E-state index in [9.17, 15) is 0 Å². The summed E-state index contributed by atoms with van der Waals surface area (Å²) < 4.78 is 0. The highest BCUT2D eigenvalue weighted by Crippen LogP contribution is 2.20. The van der Waals surface area contributed by atoms with Gasteiger partial charge in [0.25, 0.3) is 0 Å². The second kappa shape index (κ2) is 4.77. The van der Waals surface area contributed by atoms with Crippen molar-refractivity contribution < 1.29 is 5.11 Å². The first-order valence-corrected chi connectivity index (χ1v) is 5.12. The van der Waals surface area contributed by atoms with Gasteiger partial charge >= 0.3 is 0 Å². The summed E-state index contributed by atoms with van der Waals surface area (Å²) in [7, 11) is 0. The molecule has 0 bridgehead atoms. The van der Waals surface area contributed by atoms with Crippen molar-refractivity contribution in [1.29, 1.82) is 0 Å². The van der Waals surface area contributed by atoms with E-state index in [2.05, 4.69) is 16.8 Å². The Labute approximate surface area is 69.1 Å². The van der Waals surface area contributed by atoms with Crippen molar-refractivity contribution in [2.24, 2.45) is 0 Å². The lowest BCUT2D eigenvalue weighted by atomic mass is 10.5. The predicted octanol–water partition coefficient (Wildman–Crippen LogP) is 2.22. The summed E-state index contributed by atoms with van der Waals surface area (Å²) in [5, 5.41) is 12.7. The molecule has 1 heterocycles. The Kier molecular flexibility index (Phi) is 3.87. The molecule has 0 spiro atoms. The molecule has 0 atom stereocenters. The second-order valence-electron chi connectivity index (χ2n) is 1.88. The van der Waals surface area contributed by atoms with Crippen LogP contribution in [0.3, 0.4) is 0 Å². The van der Waals surface area contributed by atoms with E-state index >= 15 is 0 Å². The van der Waals surface area contributed by atoms with Gasteiger partial charge in [-0.1, -0.05) is 0 Å². The van der Waals surface area contributed by atoms with Crippen LogP contribution < -0.4 is 0 Å². The van der Waals surface area contributed by atoms with Crippen LogP contribution in [0.1, 0.15) is 6.42 Å². The molecule has 10 heavy (non-hydrogen) atoms. The maximum atomic E-state index is 8.48. The van der Waals surface area contributed by atoms with Gasteiger partial charge in [0.05, 0.1) is 0 Å². The molecule has 0 amide bonds. The standard InChI is InChI=1S/C7H10OS2/c8-3-1-4-10-7-2-5-9-6-7/h2,5-6,8H,1,3-4H2. The molecule has 1 rings (SSSR count). The van der Waals surface area contributed by atoms with E-state index in [-0.39, 0.29) is 0 Å². The van der Waals surface area contributed by atoms with Crippen molar-refractivity contribution in [2.75, 3.05) is 12.4 Å². The zero-order valence-electron chi connectivity index (χ0n) is 5.62. The van der Waals surface area contributed by atoms with Crippen LogP contribution in [0.2, 0.25) is 0 Å². The van der Waals surface area contributed by atoms with Crippen molar-refractivity contribution >= 4 is 23.1 Å². The van der Waals surface area contributed by atoms with E-state index in [0.29, 0.717) is 6.61 Å². The number of hydrogen-bond acceptors (Lipinski definition) is 3. The summed E-state index contributed by atoms with van der Waals surface area (Å²) >= 11 is 3.52. The minimum absolute atomic E-state index is 0.303. The molecular formula is C7H10OS2. The molecule has 56 valence electrons. The average molecular weight is 174 g/mol. The highest BCUT2D eigenvalue weighted by molar-refractivity contribution is 7.99. The first-order chi connectivity index (χ1) is 4.93. The lowest BCUT2D eigenvalue weighted by molar-refractivity contribution is 0.296. The van der Waals surface area contributed by atoms with Crippen LogP contribution in [-0.4, -0.2) is 17.5 Å². The van der Waals surface area contributed by atoms with Crippen LogP contribution in [0.5, 0.6) is 0 Å². The van der Waals surface area contributed by atoms with Gasteiger partial charge in [0.15, 0.2) is 0 Å². The van der Waals surface area contributed by atoms with E-state index in [1.165, 1.54) is 4.90 Å². The van der Waals surface area contributed by atoms with Gasteiger partial charge < -0.3 is 5.11 Å². The summed E-state index contributed by atoms with van der Waals surface area (Å²) in [4.78, 5) is 1.32. The molecule has 1 aromatic rings. The molecule has 3 heteroatoms. The van der Waals surface area contributed by atoms with E-state index in [1.807, 2.05) is 0 Å². The second-order valence-corrected chi connectivity index (χ2v) is 3.83. The fourth-order valence-electron chi connectivity index (χ4n) is 0.589. The Morgan fingerprint density at radius 2 is 2.50 bits per heavy atom. The largest absolute Gasteiger partial charge is 0.396 e. The molecule has 0 saturated carbocycles. The SMILES string of the molecule is OCCCSc1ccsc1. The predicted molar refractivity (Wildman–Crippen MR) is 46.7 cm³/mol. The monoisotopic (exact) mass is 174 g/mol. The van der Waals surface area contributed by atoms with Crippen LogP contribution in [0.25, 0.3) is 0 Å². The molecular weight excluding hydrogens is 164 g/mol. The summed E-state index contributed by atoms with van der Waals surface area (Å²) in [5.74, 6) is 1.02. The van der Waals surface area contributed by atoms with E-state index < -0.39 is 0 Å². The van der Waals surface area contributed by atoms with Crippen molar-refractivity contribution in [3.8, 4) is 0 Å². The Morgan fingerprint density at radius 1 is 1.60 bits per heavy atom.